The third-order valence-electron chi connectivity index (χ3n) is 0.1000. The molecule has 0 aromatic heterocycles. The normalized spacial score (nSPS) is 6.00. The Labute approximate surface area is 111 Å². The number of rotatable bonds is 1. The average molecular weight is 363 g/mol. The zero-order valence-corrected chi connectivity index (χ0v) is 11.2. The van der Waals surface area contributed by atoms with Crippen molar-refractivity contribution in [3.05, 3.63) is 46.0 Å². The number of nitrogens with zero attached hydrogens (tertiary/aromatic N) is 3. The van der Waals surface area contributed by atoms with E-state index in [4.69, 9.17) is 56.2 Å². The molecule has 14 nitrogen and oxygen atoms in total. The third-order valence-corrected chi connectivity index (χ3v) is 0.1000. The Morgan fingerprint density at radius 2 is 0.706 bits per heavy atom. The number of hydrogen-bond acceptors (Lipinski definition) is 11. The summed E-state index contributed by atoms with van der Waals surface area (Å²) in [6.07, 6.45) is 0. The van der Waals surface area contributed by atoms with Gasteiger partial charge in [0.1, 0.15) is 0 Å². The van der Waals surface area contributed by atoms with Gasteiger partial charge in [0.25, 0.3) is 0 Å². The van der Waals surface area contributed by atoms with Crippen LogP contribution in [0.2, 0.25) is 0 Å². The summed E-state index contributed by atoms with van der Waals surface area (Å²) in [5.74, 6) is 0. The first kappa shape index (κ1) is 29.5. The van der Waals surface area contributed by atoms with Crippen LogP contribution >= 0.6 is 0 Å². The topological polar surface area (TPSA) is 239 Å². The molecule has 98 valence electrons. The first-order valence-corrected chi connectivity index (χ1v) is 2.78. The first-order valence-electron chi connectivity index (χ1n) is 2.78. The van der Waals surface area contributed by atoms with E-state index in [0.717, 1.165) is 0 Å². The van der Waals surface area contributed by atoms with E-state index in [9.17, 15) is 0 Å². The maximum Gasteiger partial charge on any atom is 3.00 e. The van der Waals surface area contributed by atoms with Crippen LogP contribution in [0.25, 0.3) is 0 Å². The molecule has 0 bridgehead atoms. The SMILES string of the molecule is O=[N+]([O-])[O-].O=[N+]([O-])[O-].O=[N+]([O-])[O-].OCCO.[In+3]. The van der Waals surface area contributed by atoms with Crippen LogP contribution in [0.5, 0.6) is 0 Å². The minimum Gasteiger partial charge on any atom is -0.394 e. The molecule has 0 aliphatic rings. The van der Waals surface area contributed by atoms with E-state index >= 15 is 0 Å². The van der Waals surface area contributed by atoms with E-state index in [1.807, 2.05) is 0 Å². The van der Waals surface area contributed by atoms with Crippen LogP contribution < -0.4 is 0 Å². The predicted octanol–water partition coefficient (Wildman–Crippen LogP) is -2.13. The quantitative estimate of drug-likeness (QED) is 0.376. The van der Waals surface area contributed by atoms with Gasteiger partial charge in [-0.3, -0.25) is 0 Å². The molecule has 0 saturated heterocycles. The summed E-state index contributed by atoms with van der Waals surface area (Å²) in [6, 6.07) is 0. The molecule has 0 fully saturated rings. The molecule has 0 aromatic carbocycles. The van der Waals surface area contributed by atoms with Gasteiger partial charge in [-0.05, 0) is 0 Å². The summed E-state index contributed by atoms with van der Waals surface area (Å²) in [5, 5.41) is 59.5. The van der Waals surface area contributed by atoms with Crippen molar-refractivity contribution in [2.24, 2.45) is 0 Å². The van der Waals surface area contributed by atoms with Crippen LogP contribution in [-0.2, 0) is 0 Å². The molecule has 0 spiro atoms. The Bertz CT molecular complexity index is 143. The molecule has 0 aliphatic carbocycles. The second-order valence-electron chi connectivity index (χ2n) is 1.12. The minimum absolute atomic E-state index is 0. The number of aliphatic hydroxyl groups is 2. The van der Waals surface area contributed by atoms with Crippen molar-refractivity contribution in [2.75, 3.05) is 13.2 Å². The molecule has 0 unspecified atom stereocenters. The molecule has 15 heteroatoms. The molecular weight excluding hydrogens is 357 g/mol. The van der Waals surface area contributed by atoms with Crippen LogP contribution in [0.4, 0.5) is 0 Å². The van der Waals surface area contributed by atoms with Crippen LogP contribution in [0, 0.1) is 46.0 Å². The molecule has 0 aliphatic heterocycles. The molecular formula is C2H6InN3O11. The van der Waals surface area contributed by atoms with Crippen molar-refractivity contribution in [2.45, 2.75) is 0 Å². The predicted molar refractivity (Wildman–Crippen MR) is 51.0 cm³/mol. The monoisotopic (exact) mass is 363 g/mol. The van der Waals surface area contributed by atoms with Crippen molar-refractivity contribution < 1.29 is 25.5 Å². The van der Waals surface area contributed by atoms with Crippen molar-refractivity contribution in [1.82, 2.24) is 0 Å². The fourth-order valence-electron chi connectivity index (χ4n) is 0. The molecule has 0 radical (unpaired) electrons. The van der Waals surface area contributed by atoms with Crippen LogP contribution in [0.1, 0.15) is 0 Å². The second-order valence-corrected chi connectivity index (χ2v) is 1.12. The molecule has 17 heavy (non-hydrogen) atoms. The molecule has 0 aromatic rings. The molecule has 0 atom stereocenters. The third kappa shape index (κ3) is 5940. The summed E-state index contributed by atoms with van der Waals surface area (Å²) in [4.78, 5) is 24.8. The maximum atomic E-state index is 8.25. The summed E-state index contributed by atoms with van der Waals surface area (Å²) in [6.45, 7) is -0.250. The van der Waals surface area contributed by atoms with Gasteiger partial charge >= 0.3 is 25.8 Å². The Balaban J connectivity index is -0.0000000369. The molecule has 0 rings (SSSR count). The Morgan fingerprint density at radius 3 is 0.706 bits per heavy atom. The molecule has 0 amide bonds. The summed E-state index contributed by atoms with van der Waals surface area (Å²) in [5.41, 5.74) is 0. The van der Waals surface area contributed by atoms with E-state index in [2.05, 4.69) is 0 Å². The van der Waals surface area contributed by atoms with E-state index < -0.39 is 15.3 Å². The van der Waals surface area contributed by atoms with Gasteiger partial charge in [-0.1, -0.05) is 0 Å². The molecule has 0 saturated carbocycles. The maximum absolute atomic E-state index is 8.25. The summed E-state index contributed by atoms with van der Waals surface area (Å²) >= 11 is 0. The Morgan fingerprint density at radius 1 is 0.647 bits per heavy atom. The second kappa shape index (κ2) is 29.3. The van der Waals surface area contributed by atoms with Crippen molar-refractivity contribution in [3.63, 3.8) is 0 Å². The van der Waals surface area contributed by atoms with Gasteiger partial charge in [0.2, 0.25) is 0 Å². The fourth-order valence-corrected chi connectivity index (χ4v) is 0. The summed E-state index contributed by atoms with van der Waals surface area (Å²) < 4.78 is 0. The number of aliphatic hydroxyl groups excluding tert-OH is 2. The van der Waals surface area contributed by atoms with Crippen molar-refractivity contribution in [1.29, 1.82) is 0 Å². The van der Waals surface area contributed by atoms with E-state index in [-0.39, 0.29) is 39.1 Å². The van der Waals surface area contributed by atoms with Gasteiger partial charge in [0.15, 0.2) is 0 Å². The standard InChI is InChI=1S/C2H6O2.In.3NO3/c3-1-2-4;;3*2-1(3)4/h3-4H,1-2H2;;;;/q;+3;3*-1. The number of hydrogen-bond donors (Lipinski definition) is 2. The van der Waals surface area contributed by atoms with Gasteiger partial charge in [-0.2, -0.15) is 0 Å². The van der Waals surface area contributed by atoms with Gasteiger partial charge in [-0.25, -0.2) is 0 Å². The zero-order valence-electron chi connectivity index (χ0n) is 7.90. The van der Waals surface area contributed by atoms with Crippen LogP contribution in [0.15, 0.2) is 0 Å². The van der Waals surface area contributed by atoms with E-state index in [0.29, 0.717) is 0 Å². The smallest absolute Gasteiger partial charge is 0.394 e. The van der Waals surface area contributed by atoms with Gasteiger partial charge in [0.05, 0.1) is 28.5 Å². The minimum atomic E-state index is -1.75. The van der Waals surface area contributed by atoms with E-state index in [1.54, 1.807) is 0 Å². The van der Waals surface area contributed by atoms with Crippen molar-refractivity contribution >= 4 is 25.8 Å². The average Bonchev–Trinajstić information content (AvgIpc) is 2.00. The molecule has 0 heterocycles. The zero-order chi connectivity index (χ0) is 14.1. The molecule has 2 N–H and O–H groups in total. The van der Waals surface area contributed by atoms with Gasteiger partial charge in [0, 0.05) is 0 Å². The Kier molecular flexibility index (Phi) is 50.8. The fraction of sp³-hybridized carbons (Fsp3) is 1.00. The van der Waals surface area contributed by atoms with E-state index in [1.165, 1.54) is 0 Å². The van der Waals surface area contributed by atoms with Crippen LogP contribution in [0.3, 0.4) is 0 Å². The van der Waals surface area contributed by atoms with Gasteiger partial charge < -0.3 is 56.2 Å². The Hall–Kier alpha value is -1.61. The first-order chi connectivity index (χ1) is 7.11. The largest absolute Gasteiger partial charge is 3.00 e. The van der Waals surface area contributed by atoms with Crippen molar-refractivity contribution in [3.8, 4) is 0 Å². The van der Waals surface area contributed by atoms with Crippen LogP contribution in [-0.4, -0.2) is 64.5 Å². The summed E-state index contributed by atoms with van der Waals surface area (Å²) in [7, 11) is 0. The van der Waals surface area contributed by atoms with Gasteiger partial charge in [-0.15, -0.1) is 0 Å².